The maximum absolute atomic E-state index is 5.95. The molecule has 0 atom stereocenters. The van der Waals surface area contributed by atoms with E-state index in [1.54, 1.807) is 0 Å². The SMILES string of the molecule is CCCNCCCCCCOc1cc(Cl)ccc1C. The number of unbranched alkanes of at least 4 members (excludes halogenated alkanes) is 3. The topological polar surface area (TPSA) is 21.3 Å². The highest BCUT2D eigenvalue weighted by atomic mass is 35.5. The zero-order chi connectivity index (χ0) is 13.9. The Hall–Kier alpha value is -0.730. The molecule has 0 aliphatic heterocycles. The second-order valence-corrected chi connectivity index (χ2v) is 5.36. The van der Waals surface area contributed by atoms with Crippen molar-refractivity contribution in [2.75, 3.05) is 19.7 Å². The van der Waals surface area contributed by atoms with Gasteiger partial charge in [-0.1, -0.05) is 37.4 Å². The molecule has 0 aliphatic rings. The Morgan fingerprint density at radius 3 is 2.68 bits per heavy atom. The maximum atomic E-state index is 5.95. The lowest BCUT2D eigenvalue weighted by Crippen LogP contribution is -2.15. The van der Waals surface area contributed by atoms with Crippen LogP contribution in [0, 0.1) is 6.92 Å². The average Bonchev–Trinajstić information content (AvgIpc) is 2.40. The van der Waals surface area contributed by atoms with Crippen LogP contribution < -0.4 is 10.1 Å². The van der Waals surface area contributed by atoms with E-state index in [9.17, 15) is 0 Å². The molecule has 0 fully saturated rings. The highest BCUT2D eigenvalue weighted by molar-refractivity contribution is 6.30. The Bertz CT molecular complexity index is 355. The van der Waals surface area contributed by atoms with E-state index in [2.05, 4.69) is 12.2 Å². The highest BCUT2D eigenvalue weighted by Gasteiger charge is 2.00. The van der Waals surface area contributed by atoms with Crippen molar-refractivity contribution >= 4 is 11.6 Å². The van der Waals surface area contributed by atoms with E-state index in [-0.39, 0.29) is 0 Å². The van der Waals surface area contributed by atoms with Crippen molar-refractivity contribution in [2.24, 2.45) is 0 Å². The van der Waals surface area contributed by atoms with E-state index in [4.69, 9.17) is 16.3 Å². The summed E-state index contributed by atoms with van der Waals surface area (Å²) in [6.07, 6.45) is 6.09. The lowest BCUT2D eigenvalue weighted by atomic mass is 10.2. The van der Waals surface area contributed by atoms with Gasteiger partial charge in [-0.25, -0.2) is 0 Å². The van der Waals surface area contributed by atoms with Crippen LogP contribution in [0.5, 0.6) is 5.75 Å². The number of halogens is 1. The van der Waals surface area contributed by atoms with Gasteiger partial charge in [0.1, 0.15) is 5.75 Å². The smallest absolute Gasteiger partial charge is 0.123 e. The minimum absolute atomic E-state index is 0.739. The number of hydrogen-bond donors (Lipinski definition) is 1. The Kier molecular flexibility index (Phi) is 8.68. The van der Waals surface area contributed by atoms with Crippen molar-refractivity contribution in [3.63, 3.8) is 0 Å². The van der Waals surface area contributed by atoms with Gasteiger partial charge >= 0.3 is 0 Å². The minimum atomic E-state index is 0.739. The fourth-order valence-corrected chi connectivity index (χ4v) is 2.08. The third kappa shape index (κ3) is 7.44. The van der Waals surface area contributed by atoms with E-state index < -0.39 is 0 Å². The van der Waals surface area contributed by atoms with Gasteiger partial charge in [0.2, 0.25) is 0 Å². The molecule has 0 saturated heterocycles. The molecule has 3 heteroatoms. The molecule has 1 aromatic rings. The van der Waals surface area contributed by atoms with Gasteiger partial charge in [0.25, 0.3) is 0 Å². The summed E-state index contributed by atoms with van der Waals surface area (Å²) in [5, 5.41) is 4.16. The molecule has 0 heterocycles. The molecule has 108 valence electrons. The Balaban J connectivity index is 2.03. The summed E-state index contributed by atoms with van der Waals surface area (Å²) in [6.45, 7) is 7.30. The predicted molar refractivity (Wildman–Crippen MR) is 83.3 cm³/mol. The van der Waals surface area contributed by atoms with Crippen molar-refractivity contribution in [3.8, 4) is 5.75 Å². The van der Waals surface area contributed by atoms with Crippen LogP contribution in [-0.4, -0.2) is 19.7 Å². The number of rotatable bonds is 10. The van der Waals surface area contributed by atoms with E-state index in [1.807, 2.05) is 25.1 Å². The lowest BCUT2D eigenvalue weighted by Gasteiger charge is -2.09. The summed E-state index contributed by atoms with van der Waals surface area (Å²) in [6, 6.07) is 5.79. The molecule has 19 heavy (non-hydrogen) atoms. The molecule has 0 saturated carbocycles. The summed E-state index contributed by atoms with van der Waals surface area (Å²) >= 11 is 5.95. The molecule has 1 N–H and O–H groups in total. The quantitative estimate of drug-likeness (QED) is 0.634. The van der Waals surface area contributed by atoms with Crippen LogP contribution in [0.2, 0.25) is 5.02 Å². The predicted octanol–water partition coefficient (Wildman–Crippen LogP) is 4.59. The summed E-state index contributed by atoms with van der Waals surface area (Å²) in [5.74, 6) is 0.914. The zero-order valence-electron chi connectivity index (χ0n) is 12.2. The van der Waals surface area contributed by atoms with Crippen molar-refractivity contribution in [3.05, 3.63) is 28.8 Å². The monoisotopic (exact) mass is 283 g/mol. The van der Waals surface area contributed by atoms with Gasteiger partial charge in [0.05, 0.1) is 6.61 Å². The molecule has 0 radical (unpaired) electrons. The second kappa shape index (κ2) is 10.1. The number of ether oxygens (including phenoxy) is 1. The van der Waals surface area contributed by atoms with Crippen LogP contribution >= 0.6 is 11.6 Å². The Morgan fingerprint density at radius 1 is 1.11 bits per heavy atom. The fourth-order valence-electron chi connectivity index (χ4n) is 1.92. The van der Waals surface area contributed by atoms with Crippen molar-refractivity contribution in [2.45, 2.75) is 46.0 Å². The van der Waals surface area contributed by atoms with Gasteiger partial charge in [0.15, 0.2) is 0 Å². The summed E-state index contributed by atoms with van der Waals surface area (Å²) in [7, 11) is 0. The van der Waals surface area contributed by atoms with Crippen LogP contribution in [0.3, 0.4) is 0 Å². The molecule has 2 nitrogen and oxygen atoms in total. The van der Waals surface area contributed by atoms with Crippen LogP contribution in [0.15, 0.2) is 18.2 Å². The first-order valence-corrected chi connectivity index (χ1v) is 7.71. The molecule has 0 amide bonds. The molecule has 1 rings (SSSR count). The van der Waals surface area contributed by atoms with E-state index >= 15 is 0 Å². The third-order valence-corrected chi connectivity index (χ3v) is 3.32. The molecule has 0 aromatic heterocycles. The number of aryl methyl sites for hydroxylation is 1. The Morgan fingerprint density at radius 2 is 1.89 bits per heavy atom. The first-order valence-electron chi connectivity index (χ1n) is 7.33. The molecular weight excluding hydrogens is 258 g/mol. The number of benzene rings is 1. The second-order valence-electron chi connectivity index (χ2n) is 4.92. The maximum Gasteiger partial charge on any atom is 0.123 e. The highest BCUT2D eigenvalue weighted by Crippen LogP contribution is 2.22. The molecule has 0 unspecified atom stereocenters. The Labute approximate surface area is 122 Å². The van der Waals surface area contributed by atoms with Crippen molar-refractivity contribution < 1.29 is 4.74 Å². The number of hydrogen-bond acceptors (Lipinski definition) is 2. The first-order chi connectivity index (χ1) is 9.24. The summed E-state index contributed by atoms with van der Waals surface area (Å²) in [5.41, 5.74) is 1.15. The van der Waals surface area contributed by atoms with Crippen LogP contribution in [0.4, 0.5) is 0 Å². The van der Waals surface area contributed by atoms with E-state index in [0.29, 0.717) is 0 Å². The van der Waals surface area contributed by atoms with Gasteiger partial charge in [0, 0.05) is 5.02 Å². The fraction of sp³-hybridized carbons (Fsp3) is 0.625. The zero-order valence-corrected chi connectivity index (χ0v) is 12.9. The van der Waals surface area contributed by atoms with Crippen LogP contribution in [0.25, 0.3) is 0 Å². The molecule has 0 spiro atoms. The van der Waals surface area contributed by atoms with Gasteiger partial charge in [-0.05, 0) is 57.0 Å². The normalized spacial score (nSPS) is 10.7. The molecular formula is C16H26ClNO. The van der Waals surface area contributed by atoms with Crippen molar-refractivity contribution in [1.29, 1.82) is 0 Å². The van der Waals surface area contributed by atoms with Gasteiger partial charge in [-0.2, -0.15) is 0 Å². The summed E-state index contributed by atoms with van der Waals surface area (Å²) in [4.78, 5) is 0. The molecule has 0 aliphatic carbocycles. The van der Waals surface area contributed by atoms with Gasteiger partial charge in [-0.3, -0.25) is 0 Å². The van der Waals surface area contributed by atoms with Crippen molar-refractivity contribution in [1.82, 2.24) is 5.32 Å². The van der Waals surface area contributed by atoms with E-state index in [1.165, 1.54) is 25.7 Å². The van der Waals surface area contributed by atoms with Gasteiger partial charge in [-0.15, -0.1) is 0 Å². The first kappa shape index (κ1) is 16.3. The van der Waals surface area contributed by atoms with E-state index in [0.717, 1.165) is 42.5 Å². The average molecular weight is 284 g/mol. The standard InChI is InChI=1S/C16H26ClNO/c1-3-10-18-11-6-4-5-7-12-19-16-13-15(17)9-8-14(16)2/h8-9,13,18H,3-7,10-12H2,1-2H3. The minimum Gasteiger partial charge on any atom is -0.493 e. The van der Waals surface area contributed by atoms with Gasteiger partial charge < -0.3 is 10.1 Å². The summed E-state index contributed by atoms with van der Waals surface area (Å²) < 4.78 is 5.76. The lowest BCUT2D eigenvalue weighted by molar-refractivity contribution is 0.302. The number of nitrogens with one attached hydrogen (secondary N) is 1. The molecule has 1 aromatic carbocycles. The largest absolute Gasteiger partial charge is 0.493 e. The van der Waals surface area contributed by atoms with Crippen LogP contribution in [-0.2, 0) is 0 Å². The van der Waals surface area contributed by atoms with Crippen LogP contribution in [0.1, 0.15) is 44.6 Å². The third-order valence-electron chi connectivity index (χ3n) is 3.08. The molecule has 0 bridgehead atoms.